The van der Waals surface area contributed by atoms with Crippen molar-refractivity contribution in [2.45, 2.75) is 50.4 Å². The number of rotatable bonds is 3. The first-order valence-electron chi connectivity index (χ1n) is 6.95. The average Bonchev–Trinajstić information content (AvgIpc) is 2.39. The Morgan fingerprint density at radius 3 is 2.95 bits per heavy atom. The van der Waals surface area contributed by atoms with Crippen LogP contribution < -0.4 is 0 Å². The van der Waals surface area contributed by atoms with E-state index in [-0.39, 0.29) is 5.91 Å². The van der Waals surface area contributed by atoms with Crippen molar-refractivity contribution < 1.29 is 4.79 Å². The van der Waals surface area contributed by atoms with Crippen LogP contribution in [-0.4, -0.2) is 33.2 Å². The Morgan fingerprint density at radius 2 is 2.32 bits per heavy atom. The highest BCUT2D eigenvalue weighted by molar-refractivity contribution is 9.09. The van der Waals surface area contributed by atoms with E-state index in [1.54, 1.807) is 6.20 Å². The maximum Gasteiger partial charge on any atom is 0.255 e. The molecule has 2 atom stereocenters. The fourth-order valence-corrected chi connectivity index (χ4v) is 3.08. The molecule has 2 heterocycles. The summed E-state index contributed by atoms with van der Waals surface area (Å²) < 4.78 is 0. The van der Waals surface area contributed by atoms with Crippen LogP contribution in [0.3, 0.4) is 0 Å². The van der Waals surface area contributed by atoms with Crippen LogP contribution in [0, 0.1) is 6.92 Å². The molecule has 0 aromatic carbocycles. The van der Waals surface area contributed by atoms with Gasteiger partial charge in [-0.05, 0) is 44.7 Å². The van der Waals surface area contributed by atoms with Crippen molar-refractivity contribution in [3.8, 4) is 0 Å². The van der Waals surface area contributed by atoms with Crippen LogP contribution in [0.15, 0.2) is 18.3 Å². The van der Waals surface area contributed by atoms with Gasteiger partial charge in [0, 0.05) is 29.3 Å². The van der Waals surface area contributed by atoms with Crippen LogP contribution in [0.4, 0.5) is 0 Å². The molecule has 0 bridgehead atoms. The molecule has 0 aliphatic carbocycles. The van der Waals surface area contributed by atoms with Gasteiger partial charge in [-0.15, -0.1) is 0 Å². The molecule has 4 heteroatoms. The molecule has 1 aliphatic rings. The molecule has 1 aromatic rings. The van der Waals surface area contributed by atoms with E-state index in [0.717, 1.165) is 31.5 Å². The van der Waals surface area contributed by atoms with Crippen LogP contribution in [0.1, 0.15) is 48.7 Å². The molecule has 104 valence electrons. The number of nitrogens with zero attached hydrogens (tertiary/aromatic N) is 2. The molecule has 1 aromatic heterocycles. The van der Waals surface area contributed by atoms with Gasteiger partial charge in [-0.1, -0.05) is 22.9 Å². The zero-order valence-electron chi connectivity index (χ0n) is 11.6. The molecular formula is C15H21BrN2O. The van der Waals surface area contributed by atoms with Crippen LogP contribution >= 0.6 is 15.9 Å². The SMILES string of the molecule is Cc1ccc(C(=O)N2CCCCC2CC(C)Br)cn1. The number of piperidine rings is 1. The Balaban J connectivity index is 2.12. The van der Waals surface area contributed by atoms with E-state index in [9.17, 15) is 4.79 Å². The lowest BCUT2D eigenvalue weighted by Gasteiger charge is -2.36. The van der Waals surface area contributed by atoms with Gasteiger partial charge in [-0.2, -0.15) is 0 Å². The molecule has 1 aliphatic heterocycles. The largest absolute Gasteiger partial charge is 0.336 e. The minimum atomic E-state index is 0.130. The number of amides is 1. The highest BCUT2D eigenvalue weighted by Crippen LogP contribution is 2.24. The summed E-state index contributed by atoms with van der Waals surface area (Å²) in [4.78, 5) is 19.3. The normalized spacial score (nSPS) is 21.2. The molecule has 1 saturated heterocycles. The number of hydrogen-bond acceptors (Lipinski definition) is 2. The fourth-order valence-electron chi connectivity index (χ4n) is 2.65. The zero-order chi connectivity index (χ0) is 13.8. The van der Waals surface area contributed by atoms with Gasteiger partial charge in [-0.25, -0.2) is 0 Å². The van der Waals surface area contributed by atoms with Crippen molar-refractivity contribution in [1.29, 1.82) is 0 Å². The topological polar surface area (TPSA) is 33.2 Å². The Bertz CT molecular complexity index is 430. The number of aromatic nitrogens is 1. The summed E-state index contributed by atoms with van der Waals surface area (Å²) in [5.74, 6) is 0.130. The summed E-state index contributed by atoms with van der Waals surface area (Å²) in [7, 11) is 0. The molecule has 0 spiro atoms. The van der Waals surface area contributed by atoms with E-state index >= 15 is 0 Å². The number of carbonyl (C=O) groups is 1. The second kappa shape index (κ2) is 6.51. The monoisotopic (exact) mass is 324 g/mol. The Labute approximate surface area is 123 Å². The molecule has 2 rings (SSSR count). The van der Waals surface area contributed by atoms with Crippen molar-refractivity contribution in [3.05, 3.63) is 29.6 Å². The van der Waals surface area contributed by atoms with E-state index in [1.165, 1.54) is 6.42 Å². The highest BCUT2D eigenvalue weighted by Gasteiger charge is 2.28. The minimum absolute atomic E-state index is 0.130. The maximum atomic E-state index is 12.6. The van der Waals surface area contributed by atoms with E-state index in [0.29, 0.717) is 16.4 Å². The maximum absolute atomic E-state index is 12.6. The van der Waals surface area contributed by atoms with Gasteiger partial charge in [0.15, 0.2) is 0 Å². The van der Waals surface area contributed by atoms with E-state index in [2.05, 4.69) is 27.8 Å². The molecule has 1 amide bonds. The van der Waals surface area contributed by atoms with Gasteiger partial charge in [0.1, 0.15) is 0 Å². The third-order valence-electron chi connectivity index (χ3n) is 3.64. The van der Waals surface area contributed by atoms with Crippen LogP contribution in [0.5, 0.6) is 0 Å². The van der Waals surface area contributed by atoms with Crippen molar-refractivity contribution >= 4 is 21.8 Å². The van der Waals surface area contributed by atoms with Gasteiger partial charge < -0.3 is 4.90 Å². The Kier molecular flexibility index (Phi) is 4.97. The lowest BCUT2D eigenvalue weighted by Crippen LogP contribution is -2.44. The van der Waals surface area contributed by atoms with Gasteiger partial charge in [0.25, 0.3) is 5.91 Å². The Hall–Kier alpha value is -0.900. The number of aryl methyl sites for hydroxylation is 1. The summed E-state index contributed by atoms with van der Waals surface area (Å²) in [5.41, 5.74) is 1.65. The van der Waals surface area contributed by atoms with Gasteiger partial charge in [-0.3, -0.25) is 9.78 Å². The molecule has 1 fully saturated rings. The van der Waals surface area contributed by atoms with E-state index in [4.69, 9.17) is 0 Å². The number of pyridine rings is 1. The summed E-state index contributed by atoms with van der Waals surface area (Å²) in [6, 6.07) is 4.14. The first-order valence-corrected chi connectivity index (χ1v) is 7.87. The highest BCUT2D eigenvalue weighted by atomic mass is 79.9. The number of carbonyl (C=O) groups excluding carboxylic acids is 1. The van der Waals surface area contributed by atoms with Gasteiger partial charge >= 0.3 is 0 Å². The molecule has 0 N–H and O–H groups in total. The van der Waals surface area contributed by atoms with Crippen molar-refractivity contribution in [1.82, 2.24) is 9.88 Å². The first kappa shape index (κ1) is 14.5. The van der Waals surface area contributed by atoms with Crippen LogP contribution in [0.2, 0.25) is 0 Å². The molecule has 0 radical (unpaired) electrons. The lowest BCUT2D eigenvalue weighted by molar-refractivity contribution is 0.0603. The lowest BCUT2D eigenvalue weighted by atomic mass is 9.97. The number of halogens is 1. The van der Waals surface area contributed by atoms with Crippen LogP contribution in [0.25, 0.3) is 0 Å². The molecular weight excluding hydrogens is 304 g/mol. The predicted octanol–water partition coefficient (Wildman–Crippen LogP) is 3.56. The molecule has 2 unspecified atom stereocenters. The molecule has 19 heavy (non-hydrogen) atoms. The second-order valence-electron chi connectivity index (χ2n) is 5.35. The smallest absolute Gasteiger partial charge is 0.255 e. The number of hydrogen-bond donors (Lipinski definition) is 0. The van der Waals surface area contributed by atoms with Gasteiger partial charge in [0.05, 0.1) is 5.56 Å². The zero-order valence-corrected chi connectivity index (χ0v) is 13.2. The third kappa shape index (κ3) is 3.78. The van der Waals surface area contributed by atoms with E-state index < -0.39 is 0 Å². The third-order valence-corrected chi connectivity index (χ3v) is 4.02. The van der Waals surface area contributed by atoms with Crippen LogP contribution in [-0.2, 0) is 0 Å². The summed E-state index contributed by atoms with van der Waals surface area (Å²) >= 11 is 3.60. The van der Waals surface area contributed by atoms with Crippen molar-refractivity contribution in [3.63, 3.8) is 0 Å². The second-order valence-corrected chi connectivity index (χ2v) is 6.92. The average molecular weight is 325 g/mol. The molecule has 3 nitrogen and oxygen atoms in total. The van der Waals surface area contributed by atoms with Crippen molar-refractivity contribution in [2.75, 3.05) is 6.54 Å². The minimum Gasteiger partial charge on any atom is -0.336 e. The fraction of sp³-hybridized carbons (Fsp3) is 0.600. The summed E-state index contributed by atoms with van der Waals surface area (Å²) in [6.45, 7) is 4.95. The Morgan fingerprint density at radius 1 is 1.53 bits per heavy atom. The first-order chi connectivity index (χ1) is 9.08. The van der Waals surface area contributed by atoms with Crippen molar-refractivity contribution in [2.24, 2.45) is 0 Å². The summed E-state index contributed by atoms with van der Waals surface area (Å²) in [5, 5.41) is 0. The number of alkyl halides is 1. The standard InChI is InChI=1S/C15H21BrN2O/c1-11(16)9-14-5-3-4-8-18(14)15(19)13-7-6-12(2)17-10-13/h6-7,10-11,14H,3-5,8-9H2,1-2H3. The summed E-state index contributed by atoms with van der Waals surface area (Å²) in [6.07, 6.45) is 6.16. The predicted molar refractivity (Wildman–Crippen MR) is 80.7 cm³/mol. The quantitative estimate of drug-likeness (QED) is 0.796. The molecule has 0 saturated carbocycles. The van der Waals surface area contributed by atoms with E-state index in [1.807, 2.05) is 24.0 Å². The van der Waals surface area contributed by atoms with Gasteiger partial charge in [0.2, 0.25) is 0 Å². The number of likely N-dealkylation sites (tertiary alicyclic amines) is 1.